The summed E-state index contributed by atoms with van der Waals surface area (Å²) in [5.74, 6) is 0.772. The number of nitrogens with zero attached hydrogens (tertiary/aromatic N) is 5. The minimum absolute atomic E-state index is 0.0701. The Morgan fingerprint density at radius 2 is 1.91 bits per heavy atom. The Morgan fingerprint density at radius 3 is 2.73 bits per heavy atom. The van der Waals surface area contributed by atoms with Gasteiger partial charge in [-0.15, -0.1) is 10.2 Å². The van der Waals surface area contributed by atoms with E-state index in [9.17, 15) is 13.2 Å². The summed E-state index contributed by atoms with van der Waals surface area (Å²) in [6.45, 7) is 4.39. The minimum atomic E-state index is -3.68. The van der Waals surface area contributed by atoms with Gasteiger partial charge in [-0.2, -0.15) is 4.31 Å². The molecule has 4 heterocycles. The number of fused-ring (bicyclic) bond motifs is 1. The molecule has 10 heteroatoms. The van der Waals surface area contributed by atoms with E-state index in [1.807, 2.05) is 40.6 Å². The van der Waals surface area contributed by atoms with Crippen molar-refractivity contribution in [1.82, 2.24) is 23.8 Å². The van der Waals surface area contributed by atoms with Gasteiger partial charge in [0, 0.05) is 43.9 Å². The Labute approximate surface area is 193 Å². The fourth-order valence-corrected chi connectivity index (χ4v) is 6.04. The number of sulfonamides is 1. The molecule has 0 saturated carbocycles. The predicted octanol–water partition coefficient (Wildman–Crippen LogP) is 2.08. The number of pyridine rings is 1. The van der Waals surface area contributed by atoms with E-state index in [1.54, 1.807) is 12.1 Å². The number of hydrogen-bond acceptors (Lipinski definition) is 6. The number of piperidine rings is 1. The number of hydrogen-bond donors (Lipinski definition) is 0. The molecule has 1 atom stereocenters. The standard InChI is InChI=1S/C23H27N5O4S/c1-17-7-8-19(33(30,31)27-11-13-32-14-12-27)15-20(17)23(29)26-9-4-5-18(16-26)22-25-24-21-6-2-3-10-28(21)22/h2-3,6-8,10,15,18H,4-5,9,11-14,16H2,1H3/t18-/m0/s1. The van der Waals surface area contributed by atoms with E-state index in [1.165, 1.54) is 10.4 Å². The fraction of sp³-hybridized carbons (Fsp3) is 0.435. The van der Waals surface area contributed by atoms with E-state index < -0.39 is 10.0 Å². The largest absolute Gasteiger partial charge is 0.379 e. The van der Waals surface area contributed by atoms with Gasteiger partial charge in [0.25, 0.3) is 5.91 Å². The first-order valence-electron chi connectivity index (χ1n) is 11.2. The van der Waals surface area contributed by atoms with E-state index in [4.69, 9.17) is 4.74 Å². The minimum Gasteiger partial charge on any atom is -0.379 e. The summed E-state index contributed by atoms with van der Waals surface area (Å²) in [5, 5.41) is 8.63. The number of benzene rings is 1. The lowest BCUT2D eigenvalue weighted by atomic mass is 9.96. The molecule has 1 aromatic carbocycles. The molecule has 0 aliphatic carbocycles. The van der Waals surface area contributed by atoms with Gasteiger partial charge in [-0.1, -0.05) is 12.1 Å². The van der Waals surface area contributed by atoms with Gasteiger partial charge in [-0.3, -0.25) is 9.20 Å². The van der Waals surface area contributed by atoms with Crippen LogP contribution in [-0.2, 0) is 14.8 Å². The van der Waals surface area contributed by atoms with Crippen LogP contribution in [0.4, 0.5) is 0 Å². The van der Waals surface area contributed by atoms with Gasteiger partial charge in [0.15, 0.2) is 5.65 Å². The zero-order chi connectivity index (χ0) is 23.0. The average molecular weight is 470 g/mol. The SMILES string of the molecule is Cc1ccc(S(=O)(=O)N2CCOCC2)cc1C(=O)N1CCC[C@H](c2nnc3ccccn23)C1. The first kappa shape index (κ1) is 22.0. The van der Waals surface area contributed by atoms with Crippen LogP contribution in [0.1, 0.15) is 40.5 Å². The van der Waals surface area contributed by atoms with E-state index in [2.05, 4.69) is 10.2 Å². The summed E-state index contributed by atoms with van der Waals surface area (Å²) in [6, 6.07) is 10.6. The Kier molecular flexibility index (Phi) is 5.90. The number of likely N-dealkylation sites (tertiary alicyclic amines) is 1. The number of rotatable bonds is 4. The summed E-state index contributed by atoms with van der Waals surface area (Å²) in [7, 11) is -3.68. The Hall–Kier alpha value is -2.82. The molecule has 5 rings (SSSR count). The molecule has 33 heavy (non-hydrogen) atoms. The molecule has 2 aliphatic rings. The van der Waals surface area contributed by atoms with Crippen LogP contribution in [0.2, 0.25) is 0 Å². The second kappa shape index (κ2) is 8.85. The smallest absolute Gasteiger partial charge is 0.254 e. The average Bonchev–Trinajstić information content (AvgIpc) is 3.29. The van der Waals surface area contributed by atoms with Gasteiger partial charge in [0.1, 0.15) is 5.82 Å². The third kappa shape index (κ3) is 4.14. The van der Waals surface area contributed by atoms with E-state index in [0.29, 0.717) is 45.0 Å². The lowest BCUT2D eigenvalue weighted by Gasteiger charge is -2.32. The summed E-state index contributed by atoms with van der Waals surface area (Å²) in [6.07, 6.45) is 3.71. The van der Waals surface area contributed by atoms with Crippen LogP contribution in [-0.4, -0.2) is 77.5 Å². The first-order valence-corrected chi connectivity index (χ1v) is 12.7. The molecule has 0 unspecified atom stereocenters. The summed E-state index contributed by atoms with van der Waals surface area (Å²) in [4.78, 5) is 15.5. The van der Waals surface area contributed by atoms with Crippen molar-refractivity contribution in [3.63, 3.8) is 0 Å². The number of aromatic nitrogens is 3. The maximum Gasteiger partial charge on any atom is 0.254 e. The van der Waals surface area contributed by atoms with Crippen molar-refractivity contribution in [2.75, 3.05) is 39.4 Å². The maximum atomic E-state index is 13.5. The molecular weight excluding hydrogens is 442 g/mol. The van der Waals surface area contributed by atoms with Gasteiger partial charge in [-0.25, -0.2) is 8.42 Å². The molecule has 0 spiro atoms. The molecule has 2 fully saturated rings. The third-order valence-electron chi connectivity index (χ3n) is 6.46. The Bertz CT molecular complexity index is 1280. The van der Waals surface area contributed by atoms with Crippen LogP contribution < -0.4 is 0 Å². The molecule has 0 N–H and O–H groups in total. The number of carbonyl (C=O) groups excluding carboxylic acids is 1. The van der Waals surface area contributed by atoms with Crippen LogP contribution in [0.5, 0.6) is 0 Å². The highest BCUT2D eigenvalue weighted by molar-refractivity contribution is 7.89. The second-order valence-corrected chi connectivity index (χ2v) is 10.5. The lowest BCUT2D eigenvalue weighted by Crippen LogP contribution is -2.41. The predicted molar refractivity (Wildman–Crippen MR) is 122 cm³/mol. The summed E-state index contributed by atoms with van der Waals surface area (Å²) >= 11 is 0. The number of ether oxygens (including phenoxy) is 1. The fourth-order valence-electron chi connectivity index (χ4n) is 4.61. The number of amides is 1. The molecule has 2 aromatic heterocycles. The normalized spacial score (nSPS) is 20.3. The first-order chi connectivity index (χ1) is 15.9. The van der Waals surface area contributed by atoms with Gasteiger partial charge < -0.3 is 9.64 Å². The molecular formula is C23H27N5O4S. The maximum absolute atomic E-state index is 13.5. The van der Waals surface area contributed by atoms with E-state index in [0.717, 1.165) is 29.9 Å². The summed E-state index contributed by atoms with van der Waals surface area (Å²) in [5.41, 5.74) is 1.97. The van der Waals surface area contributed by atoms with Crippen molar-refractivity contribution in [2.24, 2.45) is 0 Å². The zero-order valence-electron chi connectivity index (χ0n) is 18.6. The van der Waals surface area contributed by atoms with Gasteiger partial charge in [-0.05, 0) is 49.6 Å². The van der Waals surface area contributed by atoms with E-state index >= 15 is 0 Å². The second-order valence-electron chi connectivity index (χ2n) is 8.57. The Balaban J connectivity index is 1.40. The molecule has 3 aromatic rings. The van der Waals surface area contributed by atoms with Crippen molar-refractivity contribution in [3.05, 3.63) is 59.5 Å². The highest BCUT2D eigenvalue weighted by Gasteiger charge is 2.31. The van der Waals surface area contributed by atoms with Crippen molar-refractivity contribution < 1.29 is 17.9 Å². The third-order valence-corrected chi connectivity index (χ3v) is 8.36. The van der Waals surface area contributed by atoms with Crippen molar-refractivity contribution in [1.29, 1.82) is 0 Å². The zero-order valence-corrected chi connectivity index (χ0v) is 19.4. The van der Waals surface area contributed by atoms with Crippen LogP contribution in [0, 0.1) is 6.92 Å². The van der Waals surface area contributed by atoms with Crippen LogP contribution in [0.25, 0.3) is 5.65 Å². The summed E-state index contributed by atoms with van der Waals surface area (Å²) < 4.78 is 34.9. The number of aryl methyl sites for hydroxylation is 1. The van der Waals surface area contributed by atoms with Crippen LogP contribution in [0.3, 0.4) is 0 Å². The molecule has 2 aliphatic heterocycles. The number of carbonyl (C=O) groups is 1. The van der Waals surface area contributed by atoms with Crippen molar-refractivity contribution in [3.8, 4) is 0 Å². The number of morpholine rings is 1. The van der Waals surface area contributed by atoms with Crippen molar-refractivity contribution in [2.45, 2.75) is 30.6 Å². The Morgan fingerprint density at radius 1 is 1.09 bits per heavy atom. The van der Waals surface area contributed by atoms with Crippen molar-refractivity contribution >= 4 is 21.6 Å². The molecule has 1 amide bonds. The quantitative estimate of drug-likeness (QED) is 0.580. The van der Waals surface area contributed by atoms with Crippen LogP contribution >= 0.6 is 0 Å². The van der Waals surface area contributed by atoms with E-state index in [-0.39, 0.29) is 16.7 Å². The molecule has 9 nitrogen and oxygen atoms in total. The topological polar surface area (TPSA) is 97.1 Å². The monoisotopic (exact) mass is 469 g/mol. The highest BCUT2D eigenvalue weighted by Crippen LogP contribution is 2.28. The van der Waals surface area contributed by atoms with Gasteiger partial charge >= 0.3 is 0 Å². The molecule has 174 valence electrons. The molecule has 0 bridgehead atoms. The molecule has 0 radical (unpaired) electrons. The molecule has 2 saturated heterocycles. The highest BCUT2D eigenvalue weighted by atomic mass is 32.2. The van der Waals surface area contributed by atoms with Gasteiger partial charge in [0.05, 0.1) is 18.1 Å². The van der Waals surface area contributed by atoms with Gasteiger partial charge in [0.2, 0.25) is 10.0 Å². The lowest BCUT2D eigenvalue weighted by molar-refractivity contribution is 0.0702. The van der Waals surface area contributed by atoms with Crippen LogP contribution in [0.15, 0.2) is 47.5 Å².